The third kappa shape index (κ3) is 2.94. The van der Waals surface area contributed by atoms with Crippen molar-refractivity contribution in [3.05, 3.63) is 33.1 Å². The molecule has 1 fully saturated rings. The second kappa shape index (κ2) is 5.65. The minimum Gasteiger partial charge on any atom is -0.462 e. The van der Waals surface area contributed by atoms with Crippen molar-refractivity contribution in [2.45, 2.75) is 18.9 Å². The number of hydrogen-bond donors (Lipinski definition) is 0. The summed E-state index contributed by atoms with van der Waals surface area (Å²) in [5, 5.41) is 10.7. The molecule has 9 heteroatoms. The zero-order valence-electron chi connectivity index (χ0n) is 10.8. The van der Waals surface area contributed by atoms with Crippen molar-refractivity contribution in [1.29, 1.82) is 0 Å². The predicted octanol–water partition coefficient (Wildman–Crippen LogP) is 2.06. The van der Waals surface area contributed by atoms with Crippen LogP contribution in [0.2, 0.25) is 5.02 Å². The van der Waals surface area contributed by atoms with E-state index in [1.54, 1.807) is 0 Å². The number of benzene rings is 1. The van der Waals surface area contributed by atoms with Crippen molar-refractivity contribution in [3.63, 3.8) is 0 Å². The second-order valence-electron chi connectivity index (χ2n) is 4.41. The highest BCUT2D eigenvalue weighted by atomic mass is 35.5. The highest BCUT2D eigenvalue weighted by molar-refractivity contribution is 6.39. The summed E-state index contributed by atoms with van der Waals surface area (Å²) in [6.07, 6.45) is 1.16. The highest BCUT2D eigenvalue weighted by Gasteiger charge is 2.40. The van der Waals surface area contributed by atoms with Crippen LogP contribution in [0, 0.1) is 15.9 Å². The van der Waals surface area contributed by atoms with E-state index in [2.05, 4.69) is 4.74 Å². The Balaban J connectivity index is 2.55. The van der Waals surface area contributed by atoms with Gasteiger partial charge in [-0.1, -0.05) is 11.6 Å². The van der Waals surface area contributed by atoms with E-state index in [0.717, 1.165) is 18.1 Å². The lowest BCUT2D eigenvalue weighted by Gasteiger charge is -2.21. The number of rotatable bonds is 3. The summed E-state index contributed by atoms with van der Waals surface area (Å²) in [7, 11) is 1.03. The molecule has 1 aromatic carbocycles. The first kappa shape index (κ1) is 15.2. The molecular weight excluding hydrogens is 307 g/mol. The van der Waals surface area contributed by atoms with Gasteiger partial charge in [-0.2, -0.15) is 0 Å². The molecule has 0 aliphatic heterocycles. The number of nitro groups is 1. The van der Waals surface area contributed by atoms with Gasteiger partial charge in [0.1, 0.15) is 11.5 Å². The van der Waals surface area contributed by atoms with Crippen LogP contribution in [0.4, 0.5) is 15.8 Å². The fraction of sp³-hybridized carbons (Fsp3) is 0.333. The van der Waals surface area contributed by atoms with Crippen LogP contribution in [0.25, 0.3) is 0 Å². The number of anilines is 1. The Bertz CT molecular complexity index is 632. The quantitative estimate of drug-likeness (QED) is 0.368. The number of hydrogen-bond acceptors (Lipinski definition) is 5. The van der Waals surface area contributed by atoms with Gasteiger partial charge in [-0.3, -0.25) is 19.8 Å². The monoisotopic (exact) mass is 316 g/mol. The van der Waals surface area contributed by atoms with E-state index in [1.807, 2.05) is 0 Å². The third-order valence-electron chi connectivity index (χ3n) is 2.96. The van der Waals surface area contributed by atoms with Gasteiger partial charge in [0.25, 0.3) is 5.69 Å². The molecule has 1 saturated carbocycles. The van der Waals surface area contributed by atoms with Gasteiger partial charge >= 0.3 is 11.9 Å². The van der Waals surface area contributed by atoms with E-state index in [9.17, 15) is 24.1 Å². The van der Waals surface area contributed by atoms with E-state index >= 15 is 0 Å². The summed E-state index contributed by atoms with van der Waals surface area (Å²) >= 11 is 5.63. The average molecular weight is 317 g/mol. The summed E-state index contributed by atoms with van der Waals surface area (Å²) in [6, 6.07) is 1.23. The summed E-state index contributed by atoms with van der Waals surface area (Å²) in [6.45, 7) is 0. The topological polar surface area (TPSA) is 89.8 Å². The van der Waals surface area contributed by atoms with E-state index < -0.39 is 28.3 Å². The smallest absolute Gasteiger partial charge is 0.397 e. The number of amides is 1. The van der Waals surface area contributed by atoms with Crippen LogP contribution < -0.4 is 4.90 Å². The van der Waals surface area contributed by atoms with Crippen molar-refractivity contribution >= 4 is 34.9 Å². The SMILES string of the molecule is COC(=O)C(=O)N(c1cc(Cl)c(F)cc1[N+](=O)[O-])C1CC1. The molecule has 2 rings (SSSR count). The van der Waals surface area contributed by atoms with Crippen LogP contribution in [-0.2, 0) is 14.3 Å². The van der Waals surface area contributed by atoms with Gasteiger partial charge in [-0.05, 0) is 18.9 Å². The number of nitro benzene ring substituents is 1. The summed E-state index contributed by atoms with van der Waals surface area (Å²) < 4.78 is 17.7. The zero-order valence-corrected chi connectivity index (χ0v) is 11.6. The number of nitrogens with zero attached hydrogens (tertiary/aromatic N) is 2. The fourth-order valence-electron chi connectivity index (χ4n) is 1.86. The number of ether oxygens (including phenoxy) is 1. The van der Waals surface area contributed by atoms with Gasteiger partial charge in [0.05, 0.1) is 23.1 Å². The fourth-order valence-corrected chi connectivity index (χ4v) is 2.01. The molecule has 1 aromatic rings. The van der Waals surface area contributed by atoms with E-state index in [-0.39, 0.29) is 16.8 Å². The molecule has 21 heavy (non-hydrogen) atoms. The summed E-state index contributed by atoms with van der Waals surface area (Å²) in [4.78, 5) is 34.6. The first-order valence-corrected chi connectivity index (χ1v) is 6.29. The minimum absolute atomic E-state index is 0.218. The van der Waals surface area contributed by atoms with Crippen LogP contribution >= 0.6 is 11.6 Å². The standard InChI is InChI=1S/C12H10ClFN2O5/c1-21-12(18)11(17)15(6-2-3-6)9-4-7(13)8(14)5-10(9)16(19)20/h4-6H,2-3H2,1H3. The van der Waals surface area contributed by atoms with Crippen LogP contribution in [0.1, 0.15) is 12.8 Å². The van der Waals surface area contributed by atoms with E-state index in [1.165, 1.54) is 0 Å². The van der Waals surface area contributed by atoms with Gasteiger partial charge in [0.15, 0.2) is 0 Å². The van der Waals surface area contributed by atoms with Gasteiger partial charge in [0.2, 0.25) is 0 Å². The number of carbonyl (C=O) groups is 2. The first-order chi connectivity index (χ1) is 9.86. The van der Waals surface area contributed by atoms with Crippen LogP contribution in [0.3, 0.4) is 0 Å². The Morgan fingerprint density at radius 3 is 2.57 bits per heavy atom. The summed E-state index contributed by atoms with van der Waals surface area (Å²) in [5.41, 5.74) is -0.856. The van der Waals surface area contributed by atoms with Crippen molar-refractivity contribution in [1.82, 2.24) is 0 Å². The maximum Gasteiger partial charge on any atom is 0.397 e. The molecule has 0 atom stereocenters. The predicted molar refractivity (Wildman–Crippen MR) is 70.6 cm³/mol. The minimum atomic E-state index is -1.16. The molecule has 1 aliphatic carbocycles. The lowest BCUT2D eigenvalue weighted by molar-refractivity contribution is -0.384. The maximum absolute atomic E-state index is 13.4. The first-order valence-electron chi connectivity index (χ1n) is 5.91. The Hall–Kier alpha value is -2.22. The lowest BCUT2D eigenvalue weighted by atomic mass is 10.2. The van der Waals surface area contributed by atoms with Gasteiger partial charge in [0, 0.05) is 6.04 Å². The number of methoxy groups -OCH3 is 1. The van der Waals surface area contributed by atoms with Crippen molar-refractivity contribution in [2.75, 3.05) is 12.0 Å². The molecule has 0 unspecified atom stereocenters. The summed E-state index contributed by atoms with van der Waals surface area (Å²) in [5.74, 6) is -3.18. The van der Waals surface area contributed by atoms with Gasteiger partial charge < -0.3 is 4.74 Å². The molecule has 0 bridgehead atoms. The molecule has 1 amide bonds. The van der Waals surface area contributed by atoms with Gasteiger partial charge in [-0.25, -0.2) is 9.18 Å². The van der Waals surface area contributed by atoms with Crippen molar-refractivity contribution in [2.24, 2.45) is 0 Å². The molecule has 0 N–H and O–H groups in total. The Morgan fingerprint density at radius 2 is 2.10 bits per heavy atom. The number of carbonyl (C=O) groups excluding carboxylic acids is 2. The van der Waals surface area contributed by atoms with Gasteiger partial charge in [-0.15, -0.1) is 0 Å². The third-order valence-corrected chi connectivity index (χ3v) is 3.25. The second-order valence-corrected chi connectivity index (χ2v) is 4.82. The number of halogens is 2. The molecule has 112 valence electrons. The van der Waals surface area contributed by atoms with Crippen molar-refractivity contribution in [3.8, 4) is 0 Å². The normalized spacial score (nSPS) is 13.7. The Morgan fingerprint density at radius 1 is 1.48 bits per heavy atom. The highest BCUT2D eigenvalue weighted by Crippen LogP contribution is 2.39. The molecule has 0 spiro atoms. The largest absolute Gasteiger partial charge is 0.462 e. The van der Waals surface area contributed by atoms with E-state index in [4.69, 9.17) is 11.6 Å². The van der Waals surface area contributed by atoms with Crippen LogP contribution in [-0.4, -0.2) is 30.0 Å². The molecule has 0 saturated heterocycles. The average Bonchev–Trinajstić information content (AvgIpc) is 3.25. The molecule has 0 radical (unpaired) electrons. The molecule has 1 aliphatic rings. The lowest BCUT2D eigenvalue weighted by Crippen LogP contribution is -2.39. The van der Waals surface area contributed by atoms with E-state index in [0.29, 0.717) is 18.9 Å². The molecule has 7 nitrogen and oxygen atoms in total. The number of esters is 1. The molecular formula is C12H10ClFN2O5. The van der Waals surface area contributed by atoms with Crippen LogP contribution in [0.5, 0.6) is 0 Å². The maximum atomic E-state index is 13.4. The van der Waals surface area contributed by atoms with Crippen LogP contribution in [0.15, 0.2) is 12.1 Å². The van der Waals surface area contributed by atoms with Crippen molar-refractivity contribution < 1.29 is 23.6 Å². The molecule has 0 heterocycles. The molecule has 0 aromatic heterocycles. The zero-order chi connectivity index (χ0) is 15.7. The Labute approximate surface area is 123 Å². The Kier molecular flexibility index (Phi) is 4.08.